The van der Waals surface area contributed by atoms with E-state index in [0.29, 0.717) is 19.0 Å². The number of carbonyl (C=O) groups is 1. The van der Waals surface area contributed by atoms with Gasteiger partial charge in [0.2, 0.25) is 0 Å². The van der Waals surface area contributed by atoms with Crippen LogP contribution in [0.5, 0.6) is 0 Å². The number of nitrogens with two attached hydrogens (primary N) is 1. The van der Waals surface area contributed by atoms with Gasteiger partial charge in [-0.3, -0.25) is 9.83 Å². The van der Waals surface area contributed by atoms with Crippen molar-refractivity contribution in [3.05, 3.63) is 35.9 Å². The molecule has 0 spiro atoms. The van der Waals surface area contributed by atoms with E-state index in [9.17, 15) is 4.79 Å². The van der Waals surface area contributed by atoms with E-state index in [-0.39, 0.29) is 18.1 Å². The summed E-state index contributed by atoms with van der Waals surface area (Å²) < 4.78 is 0. The first kappa shape index (κ1) is 13.9. The third-order valence-electron chi connectivity index (χ3n) is 4.14. The van der Waals surface area contributed by atoms with Crippen molar-refractivity contribution in [1.29, 1.82) is 0 Å². The highest BCUT2D eigenvalue weighted by Gasteiger charge is 2.46. The minimum Gasteiger partial charge on any atom is -0.386 e. The highest BCUT2D eigenvalue weighted by atomic mass is 16.7. The first-order valence-electron chi connectivity index (χ1n) is 7.19. The molecule has 0 aromatic heterocycles. The average molecular weight is 288 g/mol. The highest BCUT2D eigenvalue weighted by Crippen LogP contribution is 2.30. The Morgan fingerprint density at radius 1 is 1.38 bits per heavy atom. The van der Waals surface area contributed by atoms with Crippen LogP contribution < -0.4 is 5.73 Å². The van der Waals surface area contributed by atoms with E-state index in [1.165, 1.54) is 5.06 Å². The molecular weight excluding hydrogens is 268 g/mol. The van der Waals surface area contributed by atoms with Crippen LogP contribution in [0.3, 0.4) is 0 Å². The van der Waals surface area contributed by atoms with Crippen molar-refractivity contribution < 1.29 is 9.63 Å². The van der Waals surface area contributed by atoms with Gasteiger partial charge >= 0.3 is 6.03 Å². The van der Waals surface area contributed by atoms with Crippen molar-refractivity contribution in [3.8, 4) is 0 Å². The van der Waals surface area contributed by atoms with E-state index < -0.39 is 0 Å². The third-order valence-corrected chi connectivity index (χ3v) is 4.14. The van der Waals surface area contributed by atoms with Gasteiger partial charge < -0.3 is 10.6 Å². The van der Waals surface area contributed by atoms with E-state index in [1.54, 1.807) is 11.9 Å². The lowest BCUT2D eigenvalue weighted by Crippen LogP contribution is -2.48. The fourth-order valence-electron chi connectivity index (χ4n) is 2.97. The first-order valence-corrected chi connectivity index (χ1v) is 7.19. The van der Waals surface area contributed by atoms with Crippen LogP contribution in [0.15, 0.2) is 35.3 Å². The predicted molar refractivity (Wildman–Crippen MR) is 79.5 cm³/mol. The van der Waals surface area contributed by atoms with Crippen LogP contribution in [0.25, 0.3) is 0 Å². The summed E-state index contributed by atoms with van der Waals surface area (Å²) in [5, 5.41) is 1.51. The summed E-state index contributed by atoms with van der Waals surface area (Å²) in [4.78, 5) is 24.0. The largest absolute Gasteiger partial charge is 0.386 e. The number of rotatable bonds is 4. The molecule has 0 saturated carbocycles. The fraction of sp³-hybridized carbons (Fsp3) is 0.467. The lowest BCUT2D eigenvalue weighted by atomic mass is 10.0. The zero-order valence-corrected chi connectivity index (χ0v) is 12.1. The van der Waals surface area contributed by atoms with Gasteiger partial charge in [-0.15, -0.1) is 0 Å². The lowest BCUT2D eigenvalue weighted by molar-refractivity contribution is -0.140. The van der Waals surface area contributed by atoms with Gasteiger partial charge in [-0.2, -0.15) is 5.06 Å². The summed E-state index contributed by atoms with van der Waals surface area (Å²) in [7, 11) is 1.66. The second-order valence-corrected chi connectivity index (χ2v) is 5.42. The van der Waals surface area contributed by atoms with Crippen LogP contribution in [-0.4, -0.2) is 47.5 Å². The van der Waals surface area contributed by atoms with Crippen molar-refractivity contribution in [2.45, 2.75) is 31.5 Å². The standard InChI is InChI=1S/C15H20N4O2/c1-17-14(16)13-8-7-12-9-18(13)15(20)19(12)21-10-11-5-3-2-4-6-11/h2-6,12-13H,7-10H2,1H3,(H2,16,17)/t12-,13+/m1/s1. The Hall–Kier alpha value is -2.08. The van der Waals surface area contributed by atoms with Gasteiger partial charge in [0, 0.05) is 13.6 Å². The smallest absolute Gasteiger partial charge is 0.344 e. The highest BCUT2D eigenvalue weighted by molar-refractivity contribution is 5.91. The molecule has 21 heavy (non-hydrogen) atoms. The maximum Gasteiger partial charge on any atom is 0.344 e. The second kappa shape index (κ2) is 5.73. The van der Waals surface area contributed by atoms with Crippen molar-refractivity contribution in [1.82, 2.24) is 9.96 Å². The van der Waals surface area contributed by atoms with Crippen molar-refractivity contribution in [3.63, 3.8) is 0 Å². The number of hydrogen-bond donors (Lipinski definition) is 1. The number of benzene rings is 1. The van der Waals surface area contributed by atoms with Crippen molar-refractivity contribution in [2.24, 2.45) is 10.7 Å². The molecule has 2 aliphatic rings. The number of amides is 2. The Kier molecular flexibility index (Phi) is 3.79. The van der Waals surface area contributed by atoms with Gasteiger partial charge in [0.15, 0.2) is 0 Å². The number of hydrogen-bond acceptors (Lipinski definition) is 3. The predicted octanol–water partition coefficient (Wildman–Crippen LogP) is 1.37. The summed E-state index contributed by atoms with van der Waals surface area (Å²) in [5.74, 6) is 0.520. The summed E-state index contributed by atoms with van der Waals surface area (Å²) in [6, 6.07) is 9.76. The molecular formula is C15H20N4O2. The number of nitrogens with zero attached hydrogens (tertiary/aromatic N) is 3. The molecule has 2 atom stereocenters. The first-order chi connectivity index (χ1) is 10.2. The fourth-order valence-corrected chi connectivity index (χ4v) is 2.97. The van der Waals surface area contributed by atoms with Crippen LogP contribution in [-0.2, 0) is 11.4 Å². The molecule has 3 rings (SSSR count). The monoisotopic (exact) mass is 288 g/mol. The van der Waals surface area contributed by atoms with Gasteiger partial charge in [-0.05, 0) is 18.4 Å². The molecule has 0 aliphatic carbocycles. The molecule has 1 aromatic carbocycles. The molecule has 2 bridgehead atoms. The van der Waals surface area contributed by atoms with Crippen LogP contribution >= 0.6 is 0 Å². The van der Waals surface area contributed by atoms with Crippen LogP contribution in [0.2, 0.25) is 0 Å². The van der Waals surface area contributed by atoms with Crippen molar-refractivity contribution >= 4 is 11.9 Å². The van der Waals surface area contributed by atoms with Gasteiger partial charge in [0.25, 0.3) is 0 Å². The Morgan fingerprint density at radius 2 is 2.14 bits per heavy atom. The Labute approximate surface area is 124 Å². The molecule has 1 aromatic rings. The minimum absolute atomic E-state index is 0.0934. The van der Waals surface area contributed by atoms with E-state index in [4.69, 9.17) is 10.6 Å². The summed E-state index contributed by atoms with van der Waals surface area (Å²) in [6.45, 7) is 1.06. The topological polar surface area (TPSA) is 71.2 Å². The molecule has 0 radical (unpaired) electrons. The number of piperidine rings is 1. The lowest BCUT2D eigenvalue weighted by Gasteiger charge is -2.29. The van der Waals surface area contributed by atoms with E-state index in [0.717, 1.165) is 18.4 Å². The molecule has 2 amide bonds. The third kappa shape index (κ3) is 2.58. The molecule has 6 nitrogen and oxygen atoms in total. The Balaban J connectivity index is 1.67. The number of hydroxylamine groups is 2. The van der Waals surface area contributed by atoms with Crippen molar-refractivity contribution in [2.75, 3.05) is 13.6 Å². The van der Waals surface area contributed by atoms with E-state index >= 15 is 0 Å². The van der Waals surface area contributed by atoms with Gasteiger partial charge in [-0.25, -0.2) is 4.79 Å². The van der Waals surface area contributed by atoms with E-state index in [2.05, 4.69) is 4.99 Å². The maximum atomic E-state index is 12.5. The average Bonchev–Trinajstić information content (AvgIpc) is 2.77. The summed E-state index contributed by atoms with van der Waals surface area (Å²) in [6.07, 6.45) is 1.72. The maximum absolute atomic E-state index is 12.5. The minimum atomic E-state index is -0.106. The number of amidine groups is 1. The van der Waals surface area contributed by atoms with Crippen LogP contribution in [0.4, 0.5) is 4.79 Å². The second-order valence-electron chi connectivity index (χ2n) is 5.42. The van der Waals surface area contributed by atoms with Gasteiger partial charge in [0.1, 0.15) is 12.4 Å². The molecule has 2 fully saturated rings. The number of carbonyl (C=O) groups excluding carboxylic acids is 1. The number of fused-ring (bicyclic) bond motifs is 2. The molecule has 2 N–H and O–H groups in total. The quantitative estimate of drug-likeness (QED) is 0.672. The molecule has 2 saturated heterocycles. The number of aliphatic imine (C=N–C) groups is 1. The Bertz CT molecular complexity index is 546. The zero-order valence-electron chi connectivity index (χ0n) is 12.1. The molecule has 0 unspecified atom stereocenters. The number of urea groups is 1. The van der Waals surface area contributed by atoms with E-state index in [1.807, 2.05) is 30.3 Å². The summed E-state index contributed by atoms with van der Waals surface area (Å²) >= 11 is 0. The summed E-state index contributed by atoms with van der Waals surface area (Å²) in [5.41, 5.74) is 6.95. The molecule has 6 heteroatoms. The SMILES string of the molecule is CN=C(N)[C@@H]1CC[C@@H]2CN1C(=O)N2OCc1ccccc1. The van der Waals surface area contributed by atoms with Gasteiger partial charge in [0.05, 0.1) is 12.1 Å². The Morgan fingerprint density at radius 3 is 2.86 bits per heavy atom. The normalized spacial score (nSPS) is 25.6. The molecule has 2 aliphatic heterocycles. The van der Waals surface area contributed by atoms with Crippen LogP contribution in [0, 0.1) is 0 Å². The zero-order chi connectivity index (χ0) is 14.8. The van der Waals surface area contributed by atoms with Gasteiger partial charge in [-0.1, -0.05) is 30.3 Å². The molecule has 2 heterocycles. The van der Waals surface area contributed by atoms with Crippen LogP contribution in [0.1, 0.15) is 18.4 Å². The molecule has 112 valence electrons.